The Kier molecular flexibility index (Phi) is 5.28. The maximum atomic E-state index is 12.8. The van der Waals surface area contributed by atoms with Gasteiger partial charge in [-0.25, -0.2) is 8.42 Å². The Balaban J connectivity index is 2.36. The Labute approximate surface area is 139 Å². The van der Waals surface area contributed by atoms with Crippen LogP contribution in [-0.4, -0.2) is 44.1 Å². The molecule has 2 N–H and O–H groups in total. The van der Waals surface area contributed by atoms with E-state index in [1.54, 1.807) is 6.92 Å². The molecule has 0 saturated carbocycles. The number of rotatable bonds is 5. The molecule has 2 rings (SSSR count). The summed E-state index contributed by atoms with van der Waals surface area (Å²) in [5.74, 6) is -1.06. The van der Waals surface area contributed by atoms with Crippen molar-refractivity contribution in [2.45, 2.75) is 18.2 Å². The molecule has 23 heavy (non-hydrogen) atoms. The molecule has 1 heterocycles. The quantitative estimate of drug-likeness (QED) is 0.835. The molecule has 0 bridgehead atoms. The maximum absolute atomic E-state index is 12.8. The molecule has 0 aliphatic carbocycles. The Morgan fingerprint density at radius 2 is 2.17 bits per heavy atom. The van der Waals surface area contributed by atoms with Gasteiger partial charge in [0.25, 0.3) is 5.91 Å². The molecule has 1 saturated heterocycles. The number of benzene rings is 1. The molecule has 1 aliphatic rings. The first-order chi connectivity index (χ1) is 10.7. The van der Waals surface area contributed by atoms with Gasteiger partial charge in [-0.3, -0.25) is 9.59 Å². The lowest BCUT2D eigenvalue weighted by Gasteiger charge is -2.29. The summed E-state index contributed by atoms with van der Waals surface area (Å²) < 4.78 is 32.0. The molecular formula is C14H17ClN2O5S. The second kappa shape index (κ2) is 6.86. The van der Waals surface area contributed by atoms with Crippen molar-refractivity contribution in [1.29, 1.82) is 0 Å². The van der Waals surface area contributed by atoms with Crippen molar-refractivity contribution < 1.29 is 22.7 Å². The van der Waals surface area contributed by atoms with E-state index in [1.165, 1.54) is 22.5 Å². The van der Waals surface area contributed by atoms with Crippen molar-refractivity contribution in [1.82, 2.24) is 4.31 Å². The number of carbonyl (C=O) groups excluding carboxylic acids is 2. The second-order valence-electron chi connectivity index (χ2n) is 5.33. The molecule has 1 aromatic rings. The number of nitrogens with zero attached hydrogens (tertiary/aromatic N) is 1. The fraction of sp³-hybridized carbons (Fsp3) is 0.429. The summed E-state index contributed by atoms with van der Waals surface area (Å²) >= 11 is 5.89. The third-order valence-corrected chi connectivity index (χ3v) is 5.65. The molecule has 1 fully saturated rings. The molecule has 9 heteroatoms. The van der Waals surface area contributed by atoms with Gasteiger partial charge >= 0.3 is 0 Å². The van der Waals surface area contributed by atoms with E-state index < -0.39 is 22.5 Å². The zero-order chi connectivity index (χ0) is 17.2. The van der Waals surface area contributed by atoms with E-state index in [0.717, 1.165) is 0 Å². The Morgan fingerprint density at radius 1 is 1.48 bits per heavy atom. The minimum atomic E-state index is -3.90. The average Bonchev–Trinajstić information content (AvgIpc) is 2.48. The highest BCUT2D eigenvalue weighted by Crippen LogP contribution is 2.31. The topological polar surface area (TPSA) is 107 Å². The third-order valence-electron chi connectivity index (χ3n) is 3.53. The number of Topliss-reactive ketones (excluding diaryl/α,β-unsaturated/α-hetero) is 1. The van der Waals surface area contributed by atoms with Crippen LogP contribution in [0.1, 0.15) is 13.3 Å². The summed E-state index contributed by atoms with van der Waals surface area (Å²) in [5.41, 5.74) is 5.02. The van der Waals surface area contributed by atoms with Crippen LogP contribution in [-0.2, 0) is 19.6 Å². The number of nitrogens with two attached hydrogens (primary N) is 1. The van der Waals surface area contributed by atoms with Gasteiger partial charge in [0.2, 0.25) is 10.0 Å². The molecule has 126 valence electrons. The lowest BCUT2D eigenvalue weighted by molar-refractivity contribution is -0.124. The van der Waals surface area contributed by atoms with Crippen molar-refractivity contribution in [3.05, 3.63) is 23.2 Å². The summed E-state index contributed by atoms with van der Waals surface area (Å²) in [6.45, 7) is 1.45. The SMILES string of the molecule is C[C@H]1CN(S(=O)(=O)c2cc(Cl)ccc2OCC(N)=O)CCC1=O. The average molecular weight is 361 g/mol. The first kappa shape index (κ1) is 17.7. The van der Waals surface area contributed by atoms with E-state index in [0.29, 0.717) is 0 Å². The van der Waals surface area contributed by atoms with Gasteiger partial charge in [0.15, 0.2) is 6.61 Å². The van der Waals surface area contributed by atoms with Gasteiger partial charge in [-0.15, -0.1) is 0 Å². The van der Waals surface area contributed by atoms with Crippen LogP contribution in [0.25, 0.3) is 0 Å². The highest BCUT2D eigenvalue weighted by molar-refractivity contribution is 7.89. The van der Waals surface area contributed by atoms with Crippen LogP contribution in [0.4, 0.5) is 0 Å². The van der Waals surface area contributed by atoms with Crippen LogP contribution in [0.2, 0.25) is 5.02 Å². The third kappa shape index (κ3) is 4.01. The number of amides is 1. The molecule has 1 atom stereocenters. The van der Waals surface area contributed by atoms with Gasteiger partial charge in [0.05, 0.1) is 0 Å². The molecule has 1 amide bonds. The second-order valence-corrected chi connectivity index (χ2v) is 7.67. The van der Waals surface area contributed by atoms with Crippen LogP contribution < -0.4 is 10.5 Å². The first-order valence-corrected chi connectivity index (χ1v) is 8.77. The normalized spacial score (nSPS) is 19.6. The smallest absolute Gasteiger partial charge is 0.255 e. The van der Waals surface area contributed by atoms with E-state index in [4.69, 9.17) is 22.1 Å². The van der Waals surface area contributed by atoms with Crippen LogP contribution in [0.3, 0.4) is 0 Å². The van der Waals surface area contributed by atoms with E-state index in [-0.39, 0.29) is 46.9 Å². The van der Waals surface area contributed by atoms with Crippen molar-refractivity contribution in [2.75, 3.05) is 19.7 Å². The largest absolute Gasteiger partial charge is 0.482 e. The Hall–Kier alpha value is -1.64. The maximum Gasteiger partial charge on any atom is 0.255 e. The van der Waals surface area contributed by atoms with Gasteiger partial charge in [-0.05, 0) is 18.2 Å². The number of ketones is 1. The predicted molar refractivity (Wildman–Crippen MR) is 83.7 cm³/mol. The zero-order valence-corrected chi connectivity index (χ0v) is 14.1. The highest BCUT2D eigenvalue weighted by atomic mass is 35.5. The van der Waals surface area contributed by atoms with Crippen LogP contribution >= 0.6 is 11.6 Å². The number of hydrogen-bond donors (Lipinski definition) is 1. The van der Waals surface area contributed by atoms with Crippen LogP contribution in [0.15, 0.2) is 23.1 Å². The summed E-state index contributed by atoms with van der Waals surface area (Å²) in [4.78, 5) is 22.3. The molecule has 0 spiro atoms. The van der Waals surface area contributed by atoms with Crippen molar-refractivity contribution in [3.63, 3.8) is 0 Å². The predicted octanol–water partition coefficient (Wildman–Crippen LogP) is 0.804. The number of primary amides is 1. The van der Waals surface area contributed by atoms with Crippen molar-refractivity contribution in [3.8, 4) is 5.75 Å². The number of hydrogen-bond acceptors (Lipinski definition) is 5. The van der Waals surface area contributed by atoms with E-state index >= 15 is 0 Å². The van der Waals surface area contributed by atoms with Crippen molar-refractivity contribution >= 4 is 33.3 Å². The Bertz CT molecular complexity index is 735. The van der Waals surface area contributed by atoms with Gasteiger partial charge in [0, 0.05) is 30.5 Å². The Morgan fingerprint density at radius 3 is 2.78 bits per heavy atom. The fourth-order valence-corrected chi connectivity index (χ4v) is 4.21. The van der Waals surface area contributed by atoms with Crippen LogP contribution in [0, 0.1) is 5.92 Å². The molecule has 0 aromatic heterocycles. The number of ether oxygens (including phenoxy) is 1. The standard InChI is InChI=1S/C14H17ClN2O5S/c1-9-7-17(5-4-11(9)18)23(20,21)13-6-10(15)2-3-12(13)22-8-14(16)19/h2-3,6,9H,4-5,7-8H2,1H3,(H2,16,19)/t9-/m0/s1. The number of halogens is 1. The summed E-state index contributed by atoms with van der Waals surface area (Å²) in [6.07, 6.45) is 0.165. The van der Waals surface area contributed by atoms with Gasteiger partial charge in [-0.1, -0.05) is 18.5 Å². The van der Waals surface area contributed by atoms with Gasteiger partial charge < -0.3 is 10.5 Å². The summed E-state index contributed by atoms with van der Waals surface area (Å²) in [7, 11) is -3.90. The molecule has 0 unspecified atom stereocenters. The number of carbonyl (C=O) groups is 2. The lowest BCUT2D eigenvalue weighted by Crippen LogP contribution is -2.43. The van der Waals surface area contributed by atoms with E-state index in [1.807, 2.05) is 0 Å². The first-order valence-electron chi connectivity index (χ1n) is 6.95. The lowest BCUT2D eigenvalue weighted by atomic mass is 10.0. The molecular weight excluding hydrogens is 344 g/mol. The number of sulfonamides is 1. The molecule has 1 aliphatic heterocycles. The van der Waals surface area contributed by atoms with Gasteiger partial charge in [0.1, 0.15) is 16.4 Å². The number of piperidine rings is 1. The van der Waals surface area contributed by atoms with E-state index in [2.05, 4.69) is 0 Å². The summed E-state index contributed by atoms with van der Waals surface area (Å²) in [5, 5.41) is 0.219. The van der Waals surface area contributed by atoms with Gasteiger partial charge in [-0.2, -0.15) is 4.31 Å². The van der Waals surface area contributed by atoms with Crippen LogP contribution in [0.5, 0.6) is 5.75 Å². The van der Waals surface area contributed by atoms with Crippen molar-refractivity contribution in [2.24, 2.45) is 11.7 Å². The molecule has 7 nitrogen and oxygen atoms in total. The molecule has 1 aromatic carbocycles. The van der Waals surface area contributed by atoms with E-state index in [9.17, 15) is 18.0 Å². The fourth-order valence-electron chi connectivity index (χ4n) is 2.29. The minimum Gasteiger partial charge on any atom is -0.482 e. The molecule has 0 radical (unpaired) electrons. The summed E-state index contributed by atoms with van der Waals surface area (Å²) in [6, 6.07) is 4.09. The highest BCUT2D eigenvalue weighted by Gasteiger charge is 2.34. The minimum absolute atomic E-state index is 0.00208. The monoisotopic (exact) mass is 360 g/mol. The zero-order valence-electron chi connectivity index (χ0n) is 12.5.